The molecule has 0 unspecified atom stereocenters. The molecule has 0 saturated carbocycles. The van der Waals surface area contributed by atoms with Gasteiger partial charge >= 0.3 is 5.97 Å². The van der Waals surface area contributed by atoms with Gasteiger partial charge in [-0.1, -0.05) is 65.0 Å². The van der Waals surface area contributed by atoms with Crippen molar-refractivity contribution in [3.8, 4) is 10.7 Å². The summed E-state index contributed by atoms with van der Waals surface area (Å²) in [7, 11) is 3.17. The van der Waals surface area contributed by atoms with Gasteiger partial charge in [-0.3, -0.25) is 0 Å². The van der Waals surface area contributed by atoms with E-state index in [4.69, 9.17) is 24.2 Å². The molecule has 0 spiro atoms. The molecule has 0 saturated heterocycles. The van der Waals surface area contributed by atoms with Crippen LogP contribution in [0.3, 0.4) is 0 Å². The molecule has 8 heteroatoms. The minimum absolute atomic E-state index is 0.186. The van der Waals surface area contributed by atoms with E-state index >= 15 is 0 Å². The van der Waals surface area contributed by atoms with E-state index in [1.54, 1.807) is 36.9 Å². The Morgan fingerprint density at radius 3 is 2.44 bits per heavy atom. The summed E-state index contributed by atoms with van der Waals surface area (Å²) < 4.78 is 16.2. The Morgan fingerprint density at radius 2 is 1.78 bits per heavy atom. The van der Waals surface area contributed by atoms with Crippen molar-refractivity contribution in [2.24, 2.45) is 11.8 Å². The molecule has 0 aliphatic heterocycles. The number of aromatic nitrogens is 2. The second-order valence-electron chi connectivity index (χ2n) is 8.72. The predicted molar refractivity (Wildman–Crippen MR) is 150 cm³/mol. The maximum atomic E-state index is 12.0. The maximum Gasteiger partial charge on any atom is 0.334 e. The lowest BCUT2D eigenvalue weighted by Crippen LogP contribution is -2.21. The molecule has 2 rings (SSSR count). The summed E-state index contributed by atoms with van der Waals surface area (Å²) in [5, 5.41) is 6.00. The molecule has 0 amide bonds. The smallest absolute Gasteiger partial charge is 0.334 e. The van der Waals surface area contributed by atoms with Gasteiger partial charge in [0.1, 0.15) is 16.5 Å². The Morgan fingerprint density at radius 1 is 1.03 bits per heavy atom. The van der Waals surface area contributed by atoms with E-state index in [9.17, 15) is 4.79 Å². The molecule has 2 heterocycles. The molecule has 2 aromatic rings. The number of nitrogens with zero attached hydrogens (tertiary/aromatic N) is 2. The second kappa shape index (κ2) is 15.5. The minimum Gasteiger partial charge on any atom is -0.500 e. The first-order chi connectivity index (χ1) is 17.3. The van der Waals surface area contributed by atoms with Crippen molar-refractivity contribution >= 4 is 34.7 Å². The summed E-state index contributed by atoms with van der Waals surface area (Å²) in [4.78, 5) is 21.5. The maximum absolute atomic E-state index is 12.0. The minimum atomic E-state index is -0.414. The lowest BCUT2D eigenvalue weighted by molar-refractivity contribution is -0.138. The van der Waals surface area contributed by atoms with Crippen molar-refractivity contribution < 1.29 is 19.0 Å². The highest BCUT2D eigenvalue weighted by Crippen LogP contribution is 2.30. The largest absolute Gasteiger partial charge is 0.500 e. The zero-order chi connectivity index (χ0) is 26.5. The third-order valence-corrected chi connectivity index (χ3v) is 7.20. The lowest BCUT2D eigenvalue weighted by atomic mass is 10.0. The van der Waals surface area contributed by atoms with Crippen LogP contribution in [0.25, 0.3) is 16.8 Å². The van der Waals surface area contributed by atoms with E-state index in [1.165, 1.54) is 6.08 Å². The average molecular weight is 531 g/mol. The number of carbonyl (C=O) groups is 1. The van der Waals surface area contributed by atoms with Gasteiger partial charge in [0, 0.05) is 29.7 Å². The summed E-state index contributed by atoms with van der Waals surface area (Å²) in [5.74, 6) is 0.688. The third kappa shape index (κ3) is 9.48. The van der Waals surface area contributed by atoms with Crippen molar-refractivity contribution in [1.82, 2.24) is 9.97 Å². The van der Waals surface area contributed by atoms with Gasteiger partial charge in [-0.25, -0.2) is 14.8 Å². The fourth-order valence-corrected chi connectivity index (χ4v) is 4.88. The van der Waals surface area contributed by atoms with E-state index in [0.29, 0.717) is 18.3 Å². The Bertz CT molecular complexity index is 1070. The van der Waals surface area contributed by atoms with E-state index in [1.807, 2.05) is 31.4 Å². The Balaban J connectivity index is 2.07. The molecule has 0 aliphatic rings. The molecule has 0 aromatic carbocycles. The number of hydrogen-bond acceptors (Lipinski definition) is 8. The number of ether oxygens (including phenoxy) is 3. The second-order valence-corrected chi connectivity index (χ2v) is 10.5. The van der Waals surface area contributed by atoms with Gasteiger partial charge in [-0.05, 0) is 18.4 Å². The van der Waals surface area contributed by atoms with Crippen molar-refractivity contribution in [3.63, 3.8) is 0 Å². The number of rotatable bonds is 14. The molecular weight excluding hydrogens is 492 g/mol. The molecule has 196 valence electrons. The molecule has 0 aliphatic carbocycles. The van der Waals surface area contributed by atoms with Crippen molar-refractivity contribution in [1.29, 1.82) is 0 Å². The first kappa shape index (κ1) is 29.7. The fraction of sp³-hybridized carbons (Fsp3) is 0.464. The van der Waals surface area contributed by atoms with Gasteiger partial charge in [0.25, 0.3) is 0 Å². The molecule has 0 bridgehead atoms. The Hall–Kier alpha value is -2.55. The summed E-state index contributed by atoms with van der Waals surface area (Å²) in [6.45, 7) is 10.7. The molecule has 3 atom stereocenters. The number of carbonyl (C=O) groups excluding carboxylic acids is 1. The van der Waals surface area contributed by atoms with Crippen LogP contribution in [0.4, 0.5) is 0 Å². The summed E-state index contributed by atoms with van der Waals surface area (Å²) in [6.07, 6.45) is 14.2. The van der Waals surface area contributed by atoms with Crippen LogP contribution in [-0.2, 0) is 19.0 Å². The van der Waals surface area contributed by atoms with Gasteiger partial charge in [0.2, 0.25) is 0 Å². The summed E-state index contributed by atoms with van der Waals surface area (Å²) in [6, 6.07) is 0. The zero-order valence-corrected chi connectivity index (χ0v) is 23.9. The Kier molecular flexibility index (Phi) is 12.8. The van der Waals surface area contributed by atoms with Gasteiger partial charge in [-0.2, -0.15) is 0 Å². The molecule has 0 radical (unpaired) electrons. The third-order valence-electron chi connectivity index (χ3n) is 5.27. The predicted octanol–water partition coefficient (Wildman–Crippen LogP) is 7.29. The number of thiazole rings is 2. The first-order valence-electron chi connectivity index (χ1n) is 12.2. The highest BCUT2D eigenvalue weighted by molar-refractivity contribution is 7.14. The monoisotopic (exact) mass is 530 g/mol. The molecular formula is C28H38N2O4S2. The molecule has 36 heavy (non-hydrogen) atoms. The SMILES string of the molecule is CCCOC(=O)/C=C(/OC)[C@H](C)[C@H](/C=C/c1csc(-c2csc([C@H](C)/C=C/C=C/C(C)C)n2)n1)OC. The number of hydrogen-bond donors (Lipinski definition) is 0. The number of esters is 1. The van der Waals surface area contributed by atoms with Crippen LogP contribution in [-0.4, -0.2) is 42.9 Å². The van der Waals surface area contributed by atoms with Gasteiger partial charge in [-0.15, -0.1) is 22.7 Å². The molecule has 6 nitrogen and oxygen atoms in total. The Labute approximate surface area is 223 Å². The van der Waals surface area contributed by atoms with Gasteiger partial charge in [0.05, 0.1) is 36.6 Å². The standard InChI is InChI=1S/C28H38N2O4S2/c1-8-15-34-26(31)16-25(33-7)21(5)24(32-6)14-13-22-17-35-28(29-22)23-18-36-27(30-23)20(4)12-10-9-11-19(2)3/h9-14,16-21,24H,8,15H2,1-7H3/b11-9+,12-10+,14-13+,25-16+/t20-,21-,24+/m1/s1. The molecule has 0 N–H and O–H groups in total. The van der Waals surface area contributed by atoms with Gasteiger partial charge in [0.15, 0.2) is 0 Å². The van der Waals surface area contributed by atoms with Crippen LogP contribution in [0.2, 0.25) is 0 Å². The molecule has 2 aromatic heterocycles. The van der Waals surface area contributed by atoms with Gasteiger partial charge < -0.3 is 14.2 Å². The highest BCUT2D eigenvalue weighted by atomic mass is 32.1. The number of methoxy groups -OCH3 is 2. The van der Waals surface area contributed by atoms with E-state index in [-0.39, 0.29) is 17.9 Å². The lowest BCUT2D eigenvalue weighted by Gasteiger charge is -2.21. The normalized spacial score (nSPS) is 15.3. The topological polar surface area (TPSA) is 70.5 Å². The van der Waals surface area contributed by atoms with E-state index in [0.717, 1.165) is 27.8 Å². The quantitative estimate of drug-likeness (QED) is 0.111. The van der Waals surface area contributed by atoms with Crippen LogP contribution in [0, 0.1) is 11.8 Å². The van der Waals surface area contributed by atoms with E-state index in [2.05, 4.69) is 50.5 Å². The fourth-order valence-electron chi connectivity index (χ4n) is 3.22. The zero-order valence-electron chi connectivity index (χ0n) is 22.3. The first-order valence-corrected chi connectivity index (χ1v) is 13.9. The van der Waals surface area contributed by atoms with Crippen LogP contribution < -0.4 is 0 Å². The summed E-state index contributed by atoms with van der Waals surface area (Å²) >= 11 is 3.21. The highest BCUT2D eigenvalue weighted by Gasteiger charge is 2.21. The average Bonchev–Trinajstić information content (AvgIpc) is 3.54. The van der Waals surface area contributed by atoms with E-state index < -0.39 is 5.97 Å². The molecule has 0 fully saturated rings. The van der Waals surface area contributed by atoms with Crippen molar-refractivity contribution in [2.75, 3.05) is 20.8 Å². The van der Waals surface area contributed by atoms with Crippen LogP contribution in [0.1, 0.15) is 57.7 Å². The van der Waals surface area contributed by atoms with Crippen molar-refractivity contribution in [3.05, 3.63) is 63.7 Å². The van der Waals surface area contributed by atoms with Crippen LogP contribution in [0.15, 0.2) is 53.0 Å². The summed E-state index contributed by atoms with van der Waals surface area (Å²) in [5.41, 5.74) is 1.72. The van der Waals surface area contributed by atoms with Crippen molar-refractivity contribution in [2.45, 2.75) is 53.1 Å². The van der Waals surface area contributed by atoms with Crippen LogP contribution >= 0.6 is 22.7 Å². The number of allylic oxidation sites excluding steroid dienone is 4. The van der Waals surface area contributed by atoms with Crippen LogP contribution in [0.5, 0.6) is 0 Å².